The van der Waals surface area contributed by atoms with Crippen LogP contribution in [-0.4, -0.2) is 72.1 Å². The molecule has 1 amide bonds. The summed E-state index contributed by atoms with van der Waals surface area (Å²) in [5.74, 6) is -0.332. The maximum atomic E-state index is 12.7. The van der Waals surface area contributed by atoms with Crippen LogP contribution in [0.3, 0.4) is 0 Å². The summed E-state index contributed by atoms with van der Waals surface area (Å²) >= 11 is 0. The van der Waals surface area contributed by atoms with E-state index in [2.05, 4.69) is 6.58 Å². The van der Waals surface area contributed by atoms with Crippen LogP contribution in [0.4, 0.5) is 0 Å². The predicted octanol–water partition coefficient (Wildman–Crippen LogP) is 2.35. The highest BCUT2D eigenvalue weighted by Gasteiger charge is 2.49. The Morgan fingerprint density at radius 2 is 1.79 bits per heavy atom. The molecule has 3 aliphatic heterocycles. The summed E-state index contributed by atoms with van der Waals surface area (Å²) in [6.45, 7) is 4.77. The normalized spacial score (nSPS) is 31.1. The van der Waals surface area contributed by atoms with Crippen molar-refractivity contribution in [2.45, 2.75) is 94.7 Å². The van der Waals surface area contributed by atoms with Gasteiger partial charge in [-0.25, -0.2) is 4.79 Å². The van der Waals surface area contributed by atoms with Gasteiger partial charge in [0, 0.05) is 13.0 Å². The Bertz CT molecular complexity index is 568. The van der Waals surface area contributed by atoms with Crippen LogP contribution in [0.1, 0.15) is 64.2 Å². The summed E-state index contributed by atoms with van der Waals surface area (Å²) in [6, 6.07) is -0.508. The van der Waals surface area contributed by atoms with Crippen molar-refractivity contribution in [2.75, 3.05) is 19.8 Å². The van der Waals surface area contributed by atoms with Crippen molar-refractivity contribution in [2.24, 2.45) is 0 Å². The first-order chi connectivity index (χ1) is 14.1. The zero-order valence-electron chi connectivity index (χ0n) is 17.3. The lowest BCUT2D eigenvalue weighted by molar-refractivity contribution is -0.162. The number of carbonyl (C=O) groups is 2. The van der Waals surface area contributed by atoms with E-state index >= 15 is 0 Å². The second kappa shape index (κ2) is 11.1. The first-order valence-corrected chi connectivity index (χ1v) is 11.1. The molecule has 7 nitrogen and oxygen atoms in total. The van der Waals surface area contributed by atoms with E-state index in [0.29, 0.717) is 19.4 Å². The minimum Gasteiger partial charge on any atom is -0.455 e. The van der Waals surface area contributed by atoms with Crippen LogP contribution in [0.15, 0.2) is 12.7 Å². The smallest absolute Gasteiger partial charge is 0.329 e. The number of nitrogens with zero attached hydrogens (tertiary/aromatic N) is 1. The summed E-state index contributed by atoms with van der Waals surface area (Å²) in [5, 5.41) is 9.80. The molecule has 0 aromatic heterocycles. The first kappa shape index (κ1) is 22.2. The Morgan fingerprint density at radius 1 is 1.07 bits per heavy atom. The number of likely N-dealkylation sites (tertiary alicyclic amines) is 1. The van der Waals surface area contributed by atoms with Crippen LogP contribution in [0.2, 0.25) is 0 Å². The molecule has 5 unspecified atom stereocenters. The molecule has 3 fully saturated rings. The average molecular weight is 410 g/mol. The molecule has 5 atom stereocenters. The number of amides is 1. The highest BCUT2D eigenvalue weighted by molar-refractivity contribution is 5.85. The number of ether oxygens (including phenoxy) is 3. The van der Waals surface area contributed by atoms with Gasteiger partial charge in [-0.3, -0.25) is 4.79 Å². The van der Waals surface area contributed by atoms with E-state index in [-0.39, 0.29) is 25.1 Å². The average Bonchev–Trinajstić information content (AvgIpc) is 3.43. The van der Waals surface area contributed by atoms with Gasteiger partial charge < -0.3 is 24.2 Å². The van der Waals surface area contributed by atoms with E-state index in [1.54, 1.807) is 4.90 Å². The topological polar surface area (TPSA) is 85.3 Å². The zero-order chi connectivity index (χ0) is 20.6. The number of esters is 1. The maximum Gasteiger partial charge on any atom is 0.329 e. The van der Waals surface area contributed by atoms with Gasteiger partial charge in [0.25, 0.3) is 0 Å². The largest absolute Gasteiger partial charge is 0.455 e. The molecule has 0 aliphatic carbocycles. The van der Waals surface area contributed by atoms with Crippen molar-refractivity contribution in [3.63, 3.8) is 0 Å². The molecule has 0 bridgehead atoms. The van der Waals surface area contributed by atoms with Gasteiger partial charge >= 0.3 is 5.97 Å². The minimum absolute atomic E-state index is 0.0456. The van der Waals surface area contributed by atoms with Crippen LogP contribution in [0.5, 0.6) is 0 Å². The predicted molar refractivity (Wildman–Crippen MR) is 107 cm³/mol. The molecule has 7 heteroatoms. The molecule has 29 heavy (non-hydrogen) atoms. The third-order valence-electron chi connectivity index (χ3n) is 6.14. The molecule has 3 saturated heterocycles. The Balaban J connectivity index is 1.37. The molecule has 0 radical (unpaired) electrons. The molecule has 0 aromatic carbocycles. The van der Waals surface area contributed by atoms with E-state index in [4.69, 9.17) is 14.2 Å². The molecule has 1 N–H and O–H groups in total. The SMILES string of the molecule is C=CCCCCCCCCC(=O)N1CCCC1C(=O)OC1COC2C(O)COC12. The van der Waals surface area contributed by atoms with Crippen LogP contribution < -0.4 is 0 Å². The second-order valence-electron chi connectivity index (χ2n) is 8.33. The number of fused-ring (bicyclic) bond motifs is 1. The number of hydrogen-bond acceptors (Lipinski definition) is 6. The number of aliphatic hydroxyl groups excluding tert-OH is 1. The van der Waals surface area contributed by atoms with Gasteiger partial charge in [-0.05, 0) is 32.1 Å². The minimum atomic E-state index is -0.671. The van der Waals surface area contributed by atoms with Gasteiger partial charge in [-0.1, -0.05) is 31.8 Å². The number of hydrogen-bond donors (Lipinski definition) is 1. The summed E-state index contributed by atoms with van der Waals surface area (Å²) < 4.78 is 16.6. The summed E-state index contributed by atoms with van der Waals surface area (Å²) in [5.41, 5.74) is 0. The van der Waals surface area contributed by atoms with E-state index < -0.39 is 30.5 Å². The number of aliphatic hydroxyl groups is 1. The maximum absolute atomic E-state index is 12.7. The van der Waals surface area contributed by atoms with Crippen LogP contribution in [0.25, 0.3) is 0 Å². The van der Waals surface area contributed by atoms with Gasteiger partial charge in [0.15, 0.2) is 6.10 Å². The molecule has 3 rings (SSSR count). The monoisotopic (exact) mass is 409 g/mol. The van der Waals surface area contributed by atoms with Gasteiger partial charge in [-0.15, -0.1) is 6.58 Å². The molecular weight excluding hydrogens is 374 g/mol. The molecule has 164 valence electrons. The van der Waals surface area contributed by atoms with E-state index in [1.807, 2.05) is 6.08 Å². The molecule has 3 aliphatic rings. The Hall–Kier alpha value is -1.44. The van der Waals surface area contributed by atoms with E-state index in [1.165, 1.54) is 19.3 Å². The first-order valence-electron chi connectivity index (χ1n) is 11.1. The van der Waals surface area contributed by atoms with Crippen molar-refractivity contribution < 1.29 is 28.9 Å². The molecule has 3 heterocycles. The lowest BCUT2D eigenvalue weighted by Crippen LogP contribution is -2.44. The number of unbranched alkanes of at least 4 members (excludes halogenated alkanes) is 6. The quantitative estimate of drug-likeness (QED) is 0.320. The fraction of sp³-hybridized carbons (Fsp3) is 0.818. The van der Waals surface area contributed by atoms with Crippen molar-refractivity contribution >= 4 is 11.9 Å². The van der Waals surface area contributed by atoms with Gasteiger partial charge in [0.1, 0.15) is 24.4 Å². The summed E-state index contributed by atoms with van der Waals surface area (Å²) in [4.78, 5) is 27.0. The third kappa shape index (κ3) is 5.80. The summed E-state index contributed by atoms with van der Waals surface area (Å²) in [6.07, 6.45) is 9.62. The van der Waals surface area contributed by atoms with Crippen molar-refractivity contribution in [3.05, 3.63) is 12.7 Å². The van der Waals surface area contributed by atoms with Gasteiger partial charge in [0.2, 0.25) is 5.91 Å². The number of allylic oxidation sites excluding steroid dienone is 1. The number of rotatable bonds is 11. The van der Waals surface area contributed by atoms with Crippen LogP contribution >= 0.6 is 0 Å². The summed E-state index contributed by atoms with van der Waals surface area (Å²) in [7, 11) is 0. The third-order valence-corrected chi connectivity index (χ3v) is 6.14. The molecular formula is C22H35NO6. The molecule has 0 saturated carbocycles. The van der Waals surface area contributed by atoms with Crippen molar-refractivity contribution in [1.29, 1.82) is 0 Å². The van der Waals surface area contributed by atoms with Crippen LogP contribution in [0, 0.1) is 0 Å². The van der Waals surface area contributed by atoms with E-state index in [0.717, 1.165) is 32.1 Å². The Kier molecular flexibility index (Phi) is 8.51. The highest BCUT2D eigenvalue weighted by Crippen LogP contribution is 2.30. The van der Waals surface area contributed by atoms with Crippen molar-refractivity contribution in [1.82, 2.24) is 4.90 Å². The van der Waals surface area contributed by atoms with Gasteiger partial charge in [0.05, 0.1) is 13.2 Å². The fourth-order valence-electron chi connectivity index (χ4n) is 4.50. The standard InChI is InChI=1S/C22H35NO6/c1-2-3-4-5-6-7-8-9-12-19(25)23-13-10-11-16(23)22(26)29-18-15-28-20-17(24)14-27-21(18)20/h2,16-18,20-21,24H,1,3-15H2. The van der Waals surface area contributed by atoms with Gasteiger partial charge in [-0.2, -0.15) is 0 Å². The lowest BCUT2D eigenvalue weighted by atomic mass is 10.1. The van der Waals surface area contributed by atoms with E-state index in [9.17, 15) is 14.7 Å². The highest BCUT2D eigenvalue weighted by atomic mass is 16.6. The van der Waals surface area contributed by atoms with Crippen LogP contribution in [-0.2, 0) is 23.8 Å². The lowest BCUT2D eigenvalue weighted by Gasteiger charge is -2.25. The Labute approximate surface area is 173 Å². The number of carbonyl (C=O) groups excluding carboxylic acids is 2. The van der Waals surface area contributed by atoms with Crippen molar-refractivity contribution in [3.8, 4) is 0 Å². The molecule has 0 spiro atoms. The zero-order valence-corrected chi connectivity index (χ0v) is 17.3. The fourth-order valence-corrected chi connectivity index (χ4v) is 4.50. The molecule has 0 aromatic rings. The second-order valence-corrected chi connectivity index (χ2v) is 8.33. The Morgan fingerprint density at radius 3 is 2.59 bits per heavy atom.